The fourth-order valence-electron chi connectivity index (χ4n) is 1.69. The fraction of sp³-hybridized carbons (Fsp3) is 0.583. The molecule has 106 valence electrons. The molecule has 0 aromatic carbocycles. The summed E-state index contributed by atoms with van der Waals surface area (Å²) in [7, 11) is 1.79. The van der Waals surface area contributed by atoms with Gasteiger partial charge < -0.3 is 15.7 Å². The Kier molecular flexibility index (Phi) is 5.35. The molecular weight excluding hydrogens is 248 g/mol. The van der Waals surface area contributed by atoms with E-state index in [-0.39, 0.29) is 6.04 Å². The first-order chi connectivity index (χ1) is 8.93. The molecule has 7 nitrogen and oxygen atoms in total. The summed E-state index contributed by atoms with van der Waals surface area (Å²) in [5, 5.41) is 18.1. The third-order valence-corrected chi connectivity index (χ3v) is 2.75. The average molecular weight is 268 g/mol. The first kappa shape index (κ1) is 15.0. The molecule has 0 aliphatic rings. The molecule has 0 saturated heterocycles. The van der Waals surface area contributed by atoms with E-state index in [4.69, 9.17) is 5.11 Å². The summed E-state index contributed by atoms with van der Waals surface area (Å²) in [4.78, 5) is 22.6. The van der Waals surface area contributed by atoms with Gasteiger partial charge in [-0.1, -0.05) is 13.3 Å². The van der Waals surface area contributed by atoms with Crippen LogP contribution >= 0.6 is 0 Å². The van der Waals surface area contributed by atoms with Crippen LogP contribution in [0, 0.1) is 0 Å². The summed E-state index contributed by atoms with van der Waals surface area (Å²) in [5.41, 5.74) is 0.861. The van der Waals surface area contributed by atoms with Crippen molar-refractivity contribution in [3.05, 3.63) is 18.0 Å². The lowest BCUT2D eigenvalue weighted by molar-refractivity contribution is -0.139. The molecule has 0 spiro atoms. The van der Waals surface area contributed by atoms with Crippen LogP contribution in [0.3, 0.4) is 0 Å². The van der Waals surface area contributed by atoms with Crippen LogP contribution in [0.15, 0.2) is 12.4 Å². The molecule has 2 atom stereocenters. The molecular formula is C12H20N4O3. The van der Waals surface area contributed by atoms with E-state index in [0.717, 1.165) is 5.56 Å². The summed E-state index contributed by atoms with van der Waals surface area (Å²) < 4.78 is 1.64. The number of nitrogens with one attached hydrogen (secondary N) is 2. The van der Waals surface area contributed by atoms with E-state index in [0.29, 0.717) is 12.8 Å². The maximum Gasteiger partial charge on any atom is 0.326 e. The lowest BCUT2D eigenvalue weighted by Crippen LogP contribution is -2.46. The average Bonchev–Trinajstić information content (AvgIpc) is 2.75. The SMILES string of the molecule is CCCC(NC(=O)NC(C)c1cnn(C)c1)C(=O)O. The molecule has 0 fully saturated rings. The predicted octanol–water partition coefficient (Wildman–Crippen LogP) is 1.03. The van der Waals surface area contributed by atoms with Gasteiger partial charge in [-0.05, 0) is 13.3 Å². The molecule has 1 aromatic heterocycles. The highest BCUT2D eigenvalue weighted by atomic mass is 16.4. The molecule has 19 heavy (non-hydrogen) atoms. The number of carboxylic acids is 1. The second-order valence-corrected chi connectivity index (χ2v) is 4.47. The summed E-state index contributed by atoms with van der Waals surface area (Å²) in [6.45, 7) is 3.68. The van der Waals surface area contributed by atoms with Crippen LogP contribution in [0.1, 0.15) is 38.3 Å². The number of urea groups is 1. The lowest BCUT2D eigenvalue weighted by atomic mass is 10.1. The number of hydrogen-bond acceptors (Lipinski definition) is 3. The first-order valence-corrected chi connectivity index (χ1v) is 6.22. The van der Waals surface area contributed by atoms with Gasteiger partial charge in [0.2, 0.25) is 0 Å². The van der Waals surface area contributed by atoms with Gasteiger partial charge in [-0.3, -0.25) is 4.68 Å². The highest BCUT2D eigenvalue weighted by Crippen LogP contribution is 2.09. The smallest absolute Gasteiger partial charge is 0.326 e. The fourth-order valence-corrected chi connectivity index (χ4v) is 1.69. The van der Waals surface area contributed by atoms with Gasteiger partial charge in [0, 0.05) is 18.8 Å². The van der Waals surface area contributed by atoms with Crippen LogP contribution in [-0.4, -0.2) is 32.9 Å². The molecule has 2 unspecified atom stereocenters. The van der Waals surface area contributed by atoms with Gasteiger partial charge >= 0.3 is 12.0 Å². The van der Waals surface area contributed by atoms with Gasteiger partial charge in [-0.15, -0.1) is 0 Å². The molecule has 0 radical (unpaired) electrons. The molecule has 0 saturated carbocycles. The lowest BCUT2D eigenvalue weighted by Gasteiger charge is -2.17. The van der Waals surface area contributed by atoms with E-state index in [2.05, 4.69) is 15.7 Å². The Morgan fingerprint density at radius 2 is 2.16 bits per heavy atom. The molecule has 7 heteroatoms. The first-order valence-electron chi connectivity index (χ1n) is 6.22. The zero-order valence-corrected chi connectivity index (χ0v) is 11.4. The van der Waals surface area contributed by atoms with Crippen molar-refractivity contribution in [1.82, 2.24) is 20.4 Å². The van der Waals surface area contributed by atoms with Crippen molar-refractivity contribution >= 4 is 12.0 Å². The van der Waals surface area contributed by atoms with Gasteiger partial charge in [0.05, 0.1) is 12.2 Å². The van der Waals surface area contributed by atoms with Crippen molar-refractivity contribution in [3.63, 3.8) is 0 Å². The van der Waals surface area contributed by atoms with Crippen LogP contribution in [0.5, 0.6) is 0 Å². The number of hydrogen-bond donors (Lipinski definition) is 3. The number of amides is 2. The molecule has 3 N–H and O–H groups in total. The molecule has 2 amide bonds. The standard InChI is InChI=1S/C12H20N4O3/c1-4-5-10(11(17)18)15-12(19)14-8(2)9-6-13-16(3)7-9/h6-8,10H,4-5H2,1-3H3,(H,17,18)(H2,14,15,19). The molecule has 1 heterocycles. The largest absolute Gasteiger partial charge is 0.480 e. The molecule has 0 aliphatic carbocycles. The number of aromatic nitrogens is 2. The van der Waals surface area contributed by atoms with E-state index >= 15 is 0 Å². The zero-order chi connectivity index (χ0) is 14.4. The van der Waals surface area contributed by atoms with Crippen LogP contribution in [0.25, 0.3) is 0 Å². The van der Waals surface area contributed by atoms with Crippen LogP contribution in [-0.2, 0) is 11.8 Å². The van der Waals surface area contributed by atoms with Crippen molar-refractivity contribution < 1.29 is 14.7 Å². The molecule has 1 aromatic rings. The number of carbonyl (C=O) groups excluding carboxylic acids is 1. The Morgan fingerprint density at radius 3 is 2.63 bits per heavy atom. The molecule has 0 aliphatic heterocycles. The number of carbonyl (C=O) groups is 2. The third kappa shape index (κ3) is 4.61. The van der Waals surface area contributed by atoms with Crippen LogP contribution < -0.4 is 10.6 Å². The highest BCUT2D eigenvalue weighted by molar-refractivity contribution is 5.82. The minimum absolute atomic E-state index is 0.232. The van der Waals surface area contributed by atoms with Crippen molar-refractivity contribution in [2.45, 2.75) is 38.8 Å². The van der Waals surface area contributed by atoms with Crippen molar-refractivity contribution in [3.8, 4) is 0 Å². The second kappa shape index (κ2) is 6.77. The number of nitrogens with zero attached hydrogens (tertiary/aromatic N) is 2. The monoisotopic (exact) mass is 268 g/mol. The van der Waals surface area contributed by atoms with Crippen LogP contribution in [0.4, 0.5) is 4.79 Å². The third-order valence-electron chi connectivity index (χ3n) is 2.75. The normalized spacial score (nSPS) is 13.6. The number of aliphatic carboxylic acids is 1. The molecule has 1 rings (SSSR count). The van der Waals surface area contributed by atoms with Crippen LogP contribution in [0.2, 0.25) is 0 Å². The Labute approximate surface area is 112 Å². The maximum atomic E-state index is 11.7. The van der Waals surface area contributed by atoms with Gasteiger partial charge in [0.25, 0.3) is 0 Å². The van der Waals surface area contributed by atoms with Gasteiger partial charge in [-0.25, -0.2) is 9.59 Å². The minimum Gasteiger partial charge on any atom is -0.480 e. The minimum atomic E-state index is -1.02. The van der Waals surface area contributed by atoms with E-state index in [1.54, 1.807) is 24.1 Å². The quantitative estimate of drug-likeness (QED) is 0.718. The van der Waals surface area contributed by atoms with Gasteiger partial charge in [-0.2, -0.15) is 5.10 Å². The summed E-state index contributed by atoms with van der Waals surface area (Å²) in [6.07, 6.45) is 4.55. The van der Waals surface area contributed by atoms with Gasteiger partial charge in [0.1, 0.15) is 6.04 Å². The summed E-state index contributed by atoms with van der Waals surface area (Å²) >= 11 is 0. The van der Waals surface area contributed by atoms with E-state index in [1.807, 2.05) is 13.8 Å². The van der Waals surface area contributed by atoms with E-state index in [9.17, 15) is 9.59 Å². The highest BCUT2D eigenvalue weighted by Gasteiger charge is 2.20. The number of carboxylic acid groups (broad SMARTS) is 1. The Bertz CT molecular complexity index is 444. The Balaban J connectivity index is 2.52. The van der Waals surface area contributed by atoms with E-state index in [1.165, 1.54) is 0 Å². The summed E-state index contributed by atoms with van der Waals surface area (Å²) in [6, 6.07) is -1.58. The second-order valence-electron chi connectivity index (χ2n) is 4.47. The van der Waals surface area contributed by atoms with Gasteiger partial charge in [0.15, 0.2) is 0 Å². The Hall–Kier alpha value is -2.05. The van der Waals surface area contributed by atoms with Crippen molar-refractivity contribution in [2.24, 2.45) is 7.05 Å². The molecule has 0 bridgehead atoms. The van der Waals surface area contributed by atoms with Crippen molar-refractivity contribution in [1.29, 1.82) is 0 Å². The predicted molar refractivity (Wildman–Crippen MR) is 69.6 cm³/mol. The Morgan fingerprint density at radius 1 is 1.47 bits per heavy atom. The van der Waals surface area contributed by atoms with Crippen molar-refractivity contribution in [2.75, 3.05) is 0 Å². The zero-order valence-electron chi connectivity index (χ0n) is 11.4. The number of rotatable bonds is 6. The topological polar surface area (TPSA) is 96.3 Å². The van der Waals surface area contributed by atoms with E-state index < -0.39 is 18.0 Å². The maximum absolute atomic E-state index is 11.7. The summed E-state index contributed by atoms with van der Waals surface area (Å²) in [5.74, 6) is -1.02. The number of aryl methyl sites for hydroxylation is 1.